The van der Waals surface area contributed by atoms with E-state index in [1.54, 1.807) is 0 Å². The summed E-state index contributed by atoms with van der Waals surface area (Å²) in [4.78, 5) is 2.95. The van der Waals surface area contributed by atoms with E-state index in [-0.39, 0.29) is 0 Å². The summed E-state index contributed by atoms with van der Waals surface area (Å²) in [5.74, 6) is 1.25. The molecule has 0 aliphatic rings. The van der Waals surface area contributed by atoms with Crippen LogP contribution in [0.15, 0.2) is 12.1 Å². The van der Waals surface area contributed by atoms with E-state index < -0.39 is 0 Å². The summed E-state index contributed by atoms with van der Waals surface area (Å²) in [6, 6.07) is 4.43. The van der Waals surface area contributed by atoms with Gasteiger partial charge in [-0.05, 0) is 37.5 Å². The first-order valence-electron chi connectivity index (χ1n) is 3.37. The molecule has 0 aliphatic heterocycles. The quantitative estimate of drug-likeness (QED) is 0.675. The Hall–Kier alpha value is 0.0500. The van der Waals surface area contributed by atoms with Crippen LogP contribution in [0.5, 0.6) is 0 Å². The largest absolute Gasteiger partial charge is 0.165 e. The molecule has 0 nitrogen and oxygen atoms in total. The van der Waals surface area contributed by atoms with Crippen LogP contribution in [0.2, 0.25) is 0 Å². The number of hydrogen-bond donors (Lipinski definition) is 0. The normalized spacial score (nSPS) is 10.2. The van der Waals surface area contributed by atoms with Crippen molar-refractivity contribution in [2.75, 3.05) is 12.0 Å². The Morgan fingerprint density at radius 2 is 2.30 bits per heavy atom. The van der Waals surface area contributed by atoms with Gasteiger partial charge in [-0.15, -0.1) is 11.3 Å². The zero-order chi connectivity index (χ0) is 7.40. The van der Waals surface area contributed by atoms with E-state index in [9.17, 15) is 0 Å². The maximum Gasteiger partial charge on any atom is 0.00562 e. The molecule has 0 aromatic carbocycles. The van der Waals surface area contributed by atoms with E-state index in [1.807, 2.05) is 23.1 Å². The Labute approximate surface area is 70.7 Å². The Balaban J connectivity index is 2.42. The van der Waals surface area contributed by atoms with Gasteiger partial charge in [0.25, 0.3) is 0 Å². The lowest BCUT2D eigenvalue weighted by atomic mass is 10.4. The standard InChI is InChI=1S/C8H12S2/c1-7-3-4-8(10-7)5-6-9-2/h3-4H,5-6H2,1-2H3. The lowest BCUT2D eigenvalue weighted by molar-refractivity contribution is 1.21. The zero-order valence-corrected chi connectivity index (χ0v) is 8.02. The maximum atomic E-state index is 2.23. The molecule has 1 rings (SSSR count). The highest BCUT2D eigenvalue weighted by atomic mass is 32.2. The first-order chi connectivity index (χ1) is 4.83. The third-order valence-electron chi connectivity index (χ3n) is 1.35. The maximum absolute atomic E-state index is 2.23. The van der Waals surface area contributed by atoms with E-state index in [0.29, 0.717) is 0 Å². The van der Waals surface area contributed by atoms with Crippen LogP contribution in [0.25, 0.3) is 0 Å². The van der Waals surface area contributed by atoms with Gasteiger partial charge in [0.1, 0.15) is 0 Å². The summed E-state index contributed by atoms with van der Waals surface area (Å²) in [5.41, 5.74) is 0. The Morgan fingerprint density at radius 3 is 2.80 bits per heavy atom. The van der Waals surface area contributed by atoms with E-state index in [0.717, 1.165) is 0 Å². The van der Waals surface area contributed by atoms with Gasteiger partial charge in [-0.2, -0.15) is 11.8 Å². The molecule has 0 atom stereocenters. The van der Waals surface area contributed by atoms with Crippen LogP contribution in [0.1, 0.15) is 9.75 Å². The van der Waals surface area contributed by atoms with Gasteiger partial charge in [-0.25, -0.2) is 0 Å². The minimum absolute atomic E-state index is 1.24. The summed E-state index contributed by atoms with van der Waals surface area (Å²) in [5, 5.41) is 0. The molecule has 0 spiro atoms. The van der Waals surface area contributed by atoms with Gasteiger partial charge < -0.3 is 0 Å². The molecule has 0 radical (unpaired) electrons. The van der Waals surface area contributed by atoms with Crippen molar-refractivity contribution in [1.82, 2.24) is 0 Å². The number of aryl methyl sites for hydroxylation is 2. The molecular formula is C8H12S2. The average molecular weight is 172 g/mol. The van der Waals surface area contributed by atoms with Crippen molar-refractivity contribution in [1.29, 1.82) is 0 Å². The topological polar surface area (TPSA) is 0 Å². The zero-order valence-electron chi connectivity index (χ0n) is 6.39. The molecule has 56 valence electrons. The smallest absolute Gasteiger partial charge is 0.00562 e. The Morgan fingerprint density at radius 1 is 1.50 bits per heavy atom. The Kier molecular flexibility index (Phi) is 3.29. The van der Waals surface area contributed by atoms with Gasteiger partial charge in [0.2, 0.25) is 0 Å². The molecule has 0 aliphatic carbocycles. The fraction of sp³-hybridized carbons (Fsp3) is 0.500. The fourth-order valence-corrected chi connectivity index (χ4v) is 2.27. The number of rotatable bonds is 3. The molecule has 2 heteroatoms. The molecule has 1 aromatic heterocycles. The minimum atomic E-state index is 1.24. The summed E-state index contributed by atoms with van der Waals surface area (Å²) in [6.07, 6.45) is 3.39. The molecule has 0 saturated heterocycles. The van der Waals surface area contributed by atoms with Crippen molar-refractivity contribution in [3.8, 4) is 0 Å². The van der Waals surface area contributed by atoms with E-state index in [4.69, 9.17) is 0 Å². The van der Waals surface area contributed by atoms with Crippen molar-refractivity contribution in [2.45, 2.75) is 13.3 Å². The molecule has 0 unspecified atom stereocenters. The highest BCUT2D eigenvalue weighted by Gasteiger charge is 1.94. The van der Waals surface area contributed by atoms with Crippen molar-refractivity contribution in [3.05, 3.63) is 21.9 Å². The van der Waals surface area contributed by atoms with Crippen LogP contribution in [0, 0.1) is 6.92 Å². The first-order valence-corrected chi connectivity index (χ1v) is 5.58. The second kappa shape index (κ2) is 4.04. The summed E-state index contributed by atoms with van der Waals surface area (Å²) < 4.78 is 0. The molecule has 0 fully saturated rings. The highest BCUT2D eigenvalue weighted by Crippen LogP contribution is 2.16. The van der Waals surface area contributed by atoms with Gasteiger partial charge >= 0.3 is 0 Å². The summed E-state index contributed by atoms with van der Waals surface area (Å²) >= 11 is 3.83. The van der Waals surface area contributed by atoms with Crippen molar-refractivity contribution < 1.29 is 0 Å². The molecule has 1 aromatic rings. The van der Waals surface area contributed by atoms with Gasteiger partial charge in [0.15, 0.2) is 0 Å². The lowest BCUT2D eigenvalue weighted by Gasteiger charge is -1.91. The number of hydrogen-bond acceptors (Lipinski definition) is 2. The van der Waals surface area contributed by atoms with Gasteiger partial charge in [-0.1, -0.05) is 0 Å². The van der Waals surface area contributed by atoms with Crippen molar-refractivity contribution in [2.24, 2.45) is 0 Å². The molecule has 1 heterocycles. The summed E-state index contributed by atoms with van der Waals surface area (Å²) in [6.45, 7) is 2.16. The average Bonchev–Trinajstić information content (AvgIpc) is 2.31. The molecule has 0 saturated carbocycles. The molecule has 0 bridgehead atoms. The third kappa shape index (κ3) is 2.35. The number of thiophene rings is 1. The lowest BCUT2D eigenvalue weighted by Crippen LogP contribution is -1.80. The molecule has 0 N–H and O–H groups in total. The second-order valence-corrected chi connectivity index (χ2v) is 4.61. The van der Waals surface area contributed by atoms with Crippen molar-refractivity contribution in [3.63, 3.8) is 0 Å². The van der Waals surface area contributed by atoms with E-state index in [2.05, 4.69) is 25.3 Å². The fourth-order valence-electron chi connectivity index (χ4n) is 0.822. The van der Waals surface area contributed by atoms with Gasteiger partial charge in [0, 0.05) is 9.75 Å². The van der Waals surface area contributed by atoms with Crippen LogP contribution in [0.4, 0.5) is 0 Å². The van der Waals surface area contributed by atoms with Crippen LogP contribution in [-0.2, 0) is 6.42 Å². The monoisotopic (exact) mass is 172 g/mol. The predicted molar refractivity (Wildman–Crippen MR) is 51.1 cm³/mol. The van der Waals surface area contributed by atoms with Crippen LogP contribution in [0.3, 0.4) is 0 Å². The predicted octanol–water partition coefficient (Wildman–Crippen LogP) is 2.96. The first kappa shape index (κ1) is 8.15. The van der Waals surface area contributed by atoms with E-state index >= 15 is 0 Å². The van der Waals surface area contributed by atoms with Crippen LogP contribution < -0.4 is 0 Å². The molecular weight excluding hydrogens is 160 g/mol. The van der Waals surface area contributed by atoms with Crippen molar-refractivity contribution >= 4 is 23.1 Å². The Bertz CT molecular complexity index is 191. The number of thioether (sulfide) groups is 1. The highest BCUT2D eigenvalue weighted by molar-refractivity contribution is 7.98. The van der Waals surface area contributed by atoms with Crippen LogP contribution in [-0.4, -0.2) is 12.0 Å². The second-order valence-electron chi connectivity index (χ2n) is 2.26. The van der Waals surface area contributed by atoms with E-state index in [1.165, 1.54) is 21.9 Å². The minimum Gasteiger partial charge on any atom is -0.165 e. The van der Waals surface area contributed by atoms with Gasteiger partial charge in [-0.3, -0.25) is 0 Å². The molecule has 0 amide bonds. The third-order valence-corrected chi connectivity index (χ3v) is 3.02. The van der Waals surface area contributed by atoms with Crippen LogP contribution >= 0.6 is 23.1 Å². The molecule has 10 heavy (non-hydrogen) atoms. The SMILES string of the molecule is CSCCc1ccc(C)s1. The summed E-state index contributed by atoms with van der Waals surface area (Å²) in [7, 11) is 0. The van der Waals surface area contributed by atoms with Gasteiger partial charge in [0.05, 0.1) is 0 Å².